The number of rotatable bonds is 4. The summed E-state index contributed by atoms with van der Waals surface area (Å²) in [7, 11) is 0. The molecule has 0 saturated heterocycles. The lowest BCUT2D eigenvalue weighted by atomic mass is 9.90. The molecule has 13 heavy (non-hydrogen) atoms. The highest BCUT2D eigenvalue weighted by Crippen LogP contribution is 2.24. The van der Waals surface area contributed by atoms with Crippen LogP contribution >= 0.6 is 27.3 Å². The Morgan fingerprint density at radius 3 is 2.62 bits per heavy atom. The van der Waals surface area contributed by atoms with Gasteiger partial charge in [0.1, 0.15) is 0 Å². The van der Waals surface area contributed by atoms with E-state index >= 15 is 0 Å². The summed E-state index contributed by atoms with van der Waals surface area (Å²) in [6.07, 6.45) is 1.15. The van der Waals surface area contributed by atoms with Crippen LogP contribution in [-0.4, -0.2) is 16.7 Å². The normalized spacial score (nSPS) is 11.7. The predicted molar refractivity (Wildman–Crippen MR) is 60.2 cm³/mol. The fourth-order valence-corrected chi connectivity index (χ4v) is 1.72. The first-order chi connectivity index (χ1) is 6.03. The molecular weight excluding hydrogens is 250 g/mol. The summed E-state index contributed by atoms with van der Waals surface area (Å²) in [6, 6.07) is 0. The van der Waals surface area contributed by atoms with Crippen LogP contribution in [0.15, 0.2) is 3.92 Å². The Hall–Kier alpha value is -0.160. The van der Waals surface area contributed by atoms with Gasteiger partial charge in [-0.1, -0.05) is 32.1 Å². The molecule has 3 nitrogen and oxygen atoms in total. The zero-order valence-corrected chi connectivity index (χ0v) is 10.5. The lowest BCUT2D eigenvalue weighted by Crippen LogP contribution is -2.21. The van der Waals surface area contributed by atoms with Crippen molar-refractivity contribution in [2.45, 2.75) is 27.2 Å². The third-order valence-electron chi connectivity index (χ3n) is 2.08. The zero-order chi connectivity index (χ0) is 9.90. The van der Waals surface area contributed by atoms with Crippen molar-refractivity contribution < 1.29 is 0 Å². The molecule has 0 amide bonds. The smallest absolute Gasteiger partial charge is 0.206 e. The van der Waals surface area contributed by atoms with Gasteiger partial charge in [-0.15, -0.1) is 10.2 Å². The van der Waals surface area contributed by atoms with Crippen molar-refractivity contribution in [3.63, 3.8) is 0 Å². The molecule has 0 radical (unpaired) electrons. The van der Waals surface area contributed by atoms with E-state index in [9.17, 15) is 0 Å². The van der Waals surface area contributed by atoms with Crippen LogP contribution in [0.1, 0.15) is 27.2 Å². The van der Waals surface area contributed by atoms with Crippen LogP contribution in [-0.2, 0) is 0 Å². The lowest BCUT2D eigenvalue weighted by Gasteiger charge is -2.22. The van der Waals surface area contributed by atoms with Crippen molar-refractivity contribution >= 4 is 32.4 Å². The van der Waals surface area contributed by atoms with E-state index in [0.717, 1.165) is 22.0 Å². The minimum atomic E-state index is 0.318. The molecule has 0 bridgehead atoms. The van der Waals surface area contributed by atoms with E-state index in [1.54, 1.807) is 0 Å². The Balaban J connectivity index is 2.43. The Morgan fingerprint density at radius 2 is 2.15 bits per heavy atom. The first kappa shape index (κ1) is 10.9. The van der Waals surface area contributed by atoms with E-state index < -0.39 is 0 Å². The van der Waals surface area contributed by atoms with E-state index in [2.05, 4.69) is 52.2 Å². The number of aromatic nitrogens is 2. The third kappa shape index (κ3) is 3.60. The molecule has 1 aromatic heterocycles. The highest BCUT2D eigenvalue weighted by atomic mass is 79.9. The maximum absolute atomic E-state index is 3.96. The standard InChI is InChI=1S/C8H14BrN3S/c1-4-8(2,3)5-10-7-12-11-6(9)13-7/h4-5H2,1-3H3,(H,10,12). The number of hydrogen-bond acceptors (Lipinski definition) is 4. The second-order valence-corrected chi connectivity index (χ2v) is 5.99. The lowest BCUT2D eigenvalue weighted by molar-refractivity contribution is 0.377. The Labute approximate surface area is 91.1 Å². The first-order valence-corrected chi connectivity index (χ1v) is 5.87. The minimum Gasteiger partial charge on any atom is -0.360 e. The van der Waals surface area contributed by atoms with Gasteiger partial charge >= 0.3 is 0 Å². The van der Waals surface area contributed by atoms with Gasteiger partial charge in [-0.3, -0.25) is 0 Å². The first-order valence-electron chi connectivity index (χ1n) is 4.26. The van der Waals surface area contributed by atoms with Crippen LogP contribution in [0.5, 0.6) is 0 Å². The number of hydrogen-bond donors (Lipinski definition) is 1. The summed E-state index contributed by atoms with van der Waals surface area (Å²) >= 11 is 4.80. The second kappa shape index (κ2) is 4.37. The third-order valence-corrected chi connectivity index (χ3v) is 3.39. The summed E-state index contributed by atoms with van der Waals surface area (Å²) in [5.74, 6) is 0. The quantitative estimate of drug-likeness (QED) is 0.907. The maximum atomic E-state index is 3.96. The molecule has 1 heterocycles. The van der Waals surface area contributed by atoms with Gasteiger partial charge in [-0.05, 0) is 27.8 Å². The summed E-state index contributed by atoms with van der Waals surface area (Å²) in [5, 5.41) is 12.0. The molecule has 74 valence electrons. The molecule has 0 saturated carbocycles. The number of nitrogens with zero attached hydrogens (tertiary/aromatic N) is 2. The van der Waals surface area contributed by atoms with Crippen LogP contribution in [0, 0.1) is 5.41 Å². The molecule has 0 aliphatic heterocycles. The number of halogens is 1. The molecule has 0 aromatic carbocycles. The summed E-state index contributed by atoms with van der Waals surface area (Å²) in [6.45, 7) is 7.59. The minimum absolute atomic E-state index is 0.318. The average molecular weight is 264 g/mol. The maximum Gasteiger partial charge on any atom is 0.206 e. The second-order valence-electron chi connectivity index (χ2n) is 3.73. The highest BCUT2D eigenvalue weighted by molar-refractivity contribution is 9.11. The number of anilines is 1. The molecule has 0 fully saturated rings. The van der Waals surface area contributed by atoms with Crippen molar-refractivity contribution in [3.8, 4) is 0 Å². The molecule has 0 aliphatic rings. The predicted octanol–water partition coefficient (Wildman–Crippen LogP) is 3.15. The van der Waals surface area contributed by atoms with Crippen LogP contribution < -0.4 is 5.32 Å². The Bertz CT molecular complexity index is 272. The van der Waals surface area contributed by atoms with Crippen molar-refractivity contribution in [1.82, 2.24) is 10.2 Å². The molecule has 1 rings (SSSR count). The van der Waals surface area contributed by atoms with Crippen molar-refractivity contribution in [2.24, 2.45) is 5.41 Å². The summed E-state index contributed by atoms with van der Waals surface area (Å²) in [5.41, 5.74) is 0.318. The van der Waals surface area contributed by atoms with Crippen LogP contribution in [0.25, 0.3) is 0 Å². The average Bonchev–Trinajstić information content (AvgIpc) is 2.48. The number of nitrogens with one attached hydrogen (secondary N) is 1. The van der Waals surface area contributed by atoms with Crippen LogP contribution in [0.2, 0.25) is 0 Å². The van der Waals surface area contributed by atoms with Gasteiger partial charge in [0.2, 0.25) is 5.13 Å². The van der Waals surface area contributed by atoms with Crippen LogP contribution in [0.3, 0.4) is 0 Å². The molecule has 0 atom stereocenters. The van der Waals surface area contributed by atoms with Gasteiger partial charge < -0.3 is 5.32 Å². The molecule has 5 heteroatoms. The molecular formula is C8H14BrN3S. The molecule has 0 aliphatic carbocycles. The zero-order valence-electron chi connectivity index (χ0n) is 8.09. The molecule has 0 unspecified atom stereocenters. The van der Waals surface area contributed by atoms with Gasteiger partial charge in [0.15, 0.2) is 3.92 Å². The fraction of sp³-hybridized carbons (Fsp3) is 0.750. The molecule has 1 aromatic rings. The van der Waals surface area contributed by atoms with E-state index in [0.29, 0.717) is 5.41 Å². The van der Waals surface area contributed by atoms with Gasteiger partial charge in [0, 0.05) is 6.54 Å². The van der Waals surface area contributed by atoms with E-state index in [1.807, 2.05) is 0 Å². The van der Waals surface area contributed by atoms with Gasteiger partial charge in [-0.2, -0.15) is 0 Å². The van der Waals surface area contributed by atoms with E-state index in [1.165, 1.54) is 11.3 Å². The van der Waals surface area contributed by atoms with Crippen molar-refractivity contribution in [1.29, 1.82) is 0 Å². The molecule has 1 N–H and O–H groups in total. The topological polar surface area (TPSA) is 37.8 Å². The van der Waals surface area contributed by atoms with Crippen LogP contribution in [0.4, 0.5) is 5.13 Å². The summed E-state index contributed by atoms with van der Waals surface area (Å²) < 4.78 is 0.823. The van der Waals surface area contributed by atoms with Gasteiger partial charge in [-0.25, -0.2) is 0 Å². The largest absolute Gasteiger partial charge is 0.360 e. The monoisotopic (exact) mass is 263 g/mol. The van der Waals surface area contributed by atoms with Gasteiger partial charge in [0.25, 0.3) is 0 Å². The highest BCUT2D eigenvalue weighted by Gasteiger charge is 2.15. The fourth-order valence-electron chi connectivity index (χ4n) is 0.717. The molecule has 0 spiro atoms. The van der Waals surface area contributed by atoms with E-state index in [4.69, 9.17) is 0 Å². The Kier molecular flexibility index (Phi) is 3.67. The SMILES string of the molecule is CCC(C)(C)CNc1nnc(Br)s1. The van der Waals surface area contributed by atoms with E-state index in [-0.39, 0.29) is 0 Å². The van der Waals surface area contributed by atoms with Gasteiger partial charge in [0.05, 0.1) is 0 Å². The Morgan fingerprint density at radius 1 is 1.46 bits per heavy atom. The van der Waals surface area contributed by atoms with Crippen molar-refractivity contribution in [2.75, 3.05) is 11.9 Å². The van der Waals surface area contributed by atoms with Crippen molar-refractivity contribution in [3.05, 3.63) is 3.92 Å². The summed E-state index contributed by atoms with van der Waals surface area (Å²) in [4.78, 5) is 0.